The van der Waals surface area contributed by atoms with Gasteiger partial charge in [-0.25, -0.2) is 0 Å². The van der Waals surface area contributed by atoms with Gasteiger partial charge in [-0.15, -0.1) is 0 Å². The molecule has 0 spiro atoms. The highest BCUT2D eigenvalue weighted by Crippen LogP contribution is 1.96. The molecule has 0 aliphatic carbocycles. The number of hydrogen-bond donors (Lipinski definition) is 4. The Morgan fingerprint density at radius 2 is 2.00 bits per heavy atom. The average Bonchev–Trinajstić information content (AvgIpc) is 2.00. The topological polar surface area (TPSA) is 98.0 Å². The fourth-order valence-corrected chi connectivity index (χ4v) is 0.388. The second-order valence-corrected chi connectivity index (χ2v) is 1.80. The van der Waals surface area contributed by atoms with Crippen LogP contribution in [0, 0.1) is 0 Å². The van der Waals surface area contributed by atoms with Gasteiger partial charge in [0.25, 0.3) is 0 Å². The average molecular weight is 151 g/mol. The third-order valence-electron chi connectivity index (χ3n) is 1.03. The van der Waals surface area contributed by atoms with E-state index in [4.69, 9.17) is 21.8 Å². The fourth-order valence-electron chi connectivity index (χ4n) is 0.388. The van der Waals surface area contributed by atoms with Crippen molar-refractivity contribution in [2.75, 3.05) is 6.61 Å². The lowest BCUT2D eigenvalue weighted by Crippen LogP contribution is -2.40. The molecule has 0 rings (SSSR count). The maximum atomic E-state index is 10.1. The van der Waals surface area contributed by atoms with Crippen molar-refractivity contribution in [1.29, 1.82) is 0 Å². The molecule has 0 aromatic carbocycles. The van der Waals surface area contributed by atoms with Gasteiger partial charge in [0.15, 0.2) is 6.26 Å². The zero-order chi connectivity index (χ0) is 9.02. The van der Waals surface area contributed by atoms with Crippen LogP contribution in [0.5, 0.6) is 0 Å². The number of carbonyl (C=O) groups excluding carboxylic acids is 1. The molecule has 60 valence electrons. The molecule has 0 aromatic rings. The summed E-state index contributed by atoms with van der Waals surface area (Å²) in [5.41, 5.74) is 0. The molecule has 5 nitrogen and oxygen atoms in total. The van der Waals surface area contributed by atoms with Crippen molar-refractivity contribution in [1.82, 2.24) is 0 Å². The van der Waals surface area contributed by atoms with Crippen molar-refractivity contribution in [3.63, 3.8) is 0 Å². The Morgan fingerprint density at radius 3 is 2.30 bits per heavy atom. The third kappa shape index (κ3) is 2.40. The Morgan fingerprint density at radius 1 is 1.50 bits per heavy atom. The highest BCUT2D eigenvalue weighted by Gasteiger charge is 2.22. The normalized spacial score (nSPS) is 21.0. The summed E-state index contributed by atoms with van der Waals surface area (Å²) >= 11 is 0. The van der Waals surface area contributed by atoms with Crippen molar-refractivity contribution in [3.8, 4) is 0 Å². The molecule has 0 saturated carbocycles. The molecule has 0 unspecified atom stereocenters. The van der Waals surface area contributed by atoms with Crippen molar-refractivity contribution in [2.24, 2.45) is 0 Å². The van der Waals surface area contributed by atoms with Crippen LogP contribution in [0.25, 0.3) is 0 Å². The Balaban J connectivity index is 4.00. The van der Waals surface area contributed by atoms with Crippen molar-refractivity contribution in [2.45, 2.75) is 18.3 Å². The monoisotopic (exact) mass is 151 g/mol. The van der Waals surface area contributed by atoms with Crippen LogP contribution in [-0.4, -0.2) is 51.6 Å². The first kappa shape index (κ1) is 7.62. The lowest BCUT2D eigenvalue weighted by atomic mass is 10.1. The smallest absolute Gasteiger partial charge is 0.151 e. The van der Waals surface area contributed by atoms with E-state index in [0.29, 0.717) is 0 Å². The van der Waals surface area contributed by atoms with E-state index in [9.17, 15) is 4.79 Å². The second-order valence-electron chi connectivity index (χ2n) is 1.80. The first-order chi connectivity index (χ1) is 5.00. The Hall–Kier alpha value is -0.490. The van der Waals surface area contributed by atoms with E-state index in [1.165, 1.54) is 0 Å². The van der Waals surface area contributed by atoms with E-state index in [1.54, 1.807) is 0 Å². The molecule has 5 heteroatoms. The molecule has 0 aromatic heterocycles. The first-order valence-corrected chi connectivity index (χ1v) is 2.66. The van der Waals surface area contributed by atoms with Gasteiger partial charge in [-0.2, -0.15) is 0 Å². The van der Waals surface area contributed by atoms with E-state index in [2.05, 4.69) is 0 Å². The van der Waals surface area contributed by atoms with Crippen LogP contribution in [0.3, 0.4) is 0 Å². The maximum absolute atomic E-state index is 10.1. The standard InChI is InChI=1S/C5H10O5/c6-1-3(8)5(10)4(9)2-7/h1,3-5,7-10H,2H2/t3-,4+,5+/m1/s1/i1D. The van der Waals surface area contributed by atoms with E-state index in [-0.39, 0.29) is 0 Å². The second kappa shape index (κ2) is 4.35. The van der Waals surface area contributed by atoms with Gasteiger partial charge in [0.2, 0.25) is 0 Å². The van der Waals surface area contributed by atoms with Crippen molar-refractivity contribution in [3.05, 3.63) is 0 Å². The highest BCUT2D eigenvalue weighted by molar-refractivity contribution is 5.56. The fraction of sp³-hybridized carbons (Fsp3) is 0.800. The van der Waals surface area contributed by atoms with Crippen LogP contribution in [0.15, 0.2) is 0 Å². The van der Waals surface area contributed by atoms with Crippen LogP contribution in [0.1, 0.15) is 1.37 Å². The summed E-state index contributed by atoms with van der Waals surface area (Å²) in [6.07, 6.45) is -6.76. The maximum Gasteiger partial charge on any atom is 0.151 e. The van der Waals surface area contributed by atoms with Crippen molar-refractivity contribution >= 4 is 6.26 Å². The van der Waals surface area contributed by atoms with Crippen molar-refractivity contribution < 1.29 is 26.6 Å². The SMILES string of the molecule is [2H]C(=O)[C@@H](O)[C@H](O)[C@@H](O)CO. The third-order valence-corrected chi connectivity index (χ3v) is 1.03. The van der Waals surface area contributed by atoms with Gasteiger partial charge >= 0.3 is 0 Å². The van der Waals surface area contributed by atoms with E-state index < -0.39 is 31.2 Å². The summed E-state index contributed by atoms with van der Waals surface area (Å²) in [4.78, 5) is 10.1. The zero-order valence-electron chi connectivity index (χ0n) is 6.14. The van der Waals surface area contributed by atoms with Crippen LogP contribution >= 0.6 is 0 Å². The summed E-state index contributed by atoms with van der Waals surface area (Å²) in [6.45, 7) is -0.772. The van der Waals surface area contributed by atoms with E-state index >= 15 is 0 Å². The molecule has 0 aliphatic heterocycles. The minimum Gasteiger partial charge on any atom is -0.394 e. The predicted molar refractivity (Wildman–Crippen MR) is 31.2 cm³/mol. The number of hydrogen-bond acceptors (Lipinski definition) is 5. The van der Waals surface area contributed by atoms with Crippen LogP contribution in [0.2, 0.25) is 0 Å². The zero-order valence-corrected chi connectivity index (χ0v) is 5.14. The summed E-state index contributed by atoms with van der Waals surface area (Å²) in [5.74, 6) is 0. The number of carbonyl (C=O) groups is 1. The van der Waals surface area contributed by atoms with Crippen LogP contribution in [-0.2, 0) is 4.79 Å². The highest BCUT2D eigenvalue weighted by atomic mass is 16.4. The van der Waals surface area contributed by atoms with E-state index in [0.717, 1.165) is 0 Å². The van der Waals surface area contributed by atoms with Gasteiger partial charge in [-0.3, -0.25) is 0 Å². The van der Waals surface area contributed by atoms with Gasteiger partial charge in [0.05, 0.1) is 6.61 Å². The largest absolute Gasteiger partial charge is 0.394 e. The van der Waals surface area contributed by atoms with Gasteiger partial charge in [0.1, 0.15) is 19.7 Å². The lowest BCUT2D eigenvalue weighted by molar-refractivity contribution is -0.127. The lowest BCUT2D eigenvalue weighted by Gasteiger charge is -2.16. The first-order valence-electron chi connectivity index (χ1n) is 3.16. The number of aliphatic hydroxyl groups is 4. The van der Waals surface area contributed by atoms with Crippen LogP contribution < -0.4 is 0 Å². The Labute approximate surface area is 58.9 Å². The molecular formula is C5H10O5. The molecular weight excluding hydrogens is 140 g/mol. The summed E-state index contributed by atoms with van der Waals surface area (Å²) in [6, 6.07) is 0. The predicted octanol–water partition coefficient (Wildman–Crippen LogP) is -2.74. The molecule has 3 atom stereocenters. The molecule has 0 fully saturated rings. The van der Waals surface area contributed by atoms with Gasteiger partial charge in [-0.1, -0.05) is 0 Å². The quantitative estimate of drug-likeness (QED) is 0.327. The molecule has 0 bridgehead atoms. The van der Waals surface area contributed by atoms with Gasteiger partial charge in [0, 0.05) is 0 Å². The number of aliphatic hydroxyl groups excluding tert-OH is 4. The molecule has 0 aliphatic rings. The molecule has 10 heavy (non-hydrogen) atoms. The number of rotatable bonds is 4. The minimum atomic E-state index is -1.96. The summed E-state index contributed by atoms with van der Waals surface area (Å²) in [7, 11) is 0. The molecule has 4 N–H and O–H groups in total. The van der Waals surface area contributed by atoms with Crippen LogP contribution in [0.4, 0.5) is 0 Å². The van der Waals surface area contributed by atoms with Gasteiger partial charge in [-0.05, 0) is 0 Å². The molecule has 0 saturated heterocycles. The van der Waals surface area contributed by atoms with E-state index in [1.807, 2.05) is 0 Å². The molecule has 0 amide bonds. The summed E-state index contributed by atoms with van der Waals surface area (Å²) in [5, 5.41) is 34.3. The Kier molecular flexibility index (Phi) is 3.31. The molecule has 0 heterocycles. The summed E-state index contributed by atoms with van der Waals surface area (Å²) < 4.78 is 6.34. The Bertz CT molecular complexity index is 139. The minimum absolute atomic E-state index is 0.772. The van der Waals surface area contributed by atoms with Gasteiger partial charge < -0.3 is 25.2 Å². The molecule has 0 radical (unpaired) electrons. The number of aldehydes is 1.